The third-order valence-electron chi connectivity index (χ3n) is 6.34. The summed E-state index contributed by atoms with van der Waals surface area (Å²) >= 11 is 0. The maximum atomic E-state index is 12.7. The molecule has 5 heteroatoms. The van der Waals surface area contributed by atoms with E-state index < -0.39 is 0 Å². The number of pyridine rings is 1. The van der Waals surface area contributed by atoms with E-state index in [9.17, 15) is 9.59 Å². The number of aryl methyl sites for hydroxylation is 1. The van der Waals surface area contributed by atoms with Gasteiger partial charge in [0.05, 0.1) is 0 Å². The monoisotopic (exact) mass is 399 g/mol. The van der Waals surface area contributed by atoms with Crippen LogP contribution in [-0.2, 0) is 22.4 Å². The fraction of sp³-hybridized carbons (Fsp3) is 0.320. The molecule has 5 nitrogen and oxygen atoms in total. The van der Waals surface area contributed by atoms with E-state index in [-0.39, 0.29) is 11.8 Å². The van der Waals surface area contributed by atoms with E-state index in [4.69, 9.17) is 0 Å². The van der Waals surface area contributed by atoms with Crippen LogP contribution >= 0.6 is 0 Å². The Hall–Kier alpha value is -3.21. The normalized spacial score (nSPS) is 22.6. The molecule has 2 atom stereocenters. The van der Waals surface area contributed by atoms with Crippen LogP contribution < -0.4 is 5.32 Å². The molecule has 1 saturated heterocycles. The molecule has 1 aromatic heterocycles. The molecule has 2 aromatic rings. The summed E-state index contributed by atoms with van der Waals surface area (Å²) in [7, 11) is 0. The van der Waals surface area contributed by atoms with E-state index in [1.165, 1.54) is 11.1 Å². The first-order valence-electron chi connectivity index (χ1n) is 10.6. The van der Waals surface area contributed by atoms with Gasteiger partial charge in [-0.05, 0) is 59.9 Å². The first-order chi connectivity index (χ1) is 14.6. The zero-order valence-electron chi connectivity index (χ0n) is 16.9. The van der Waals surface area contributed by atoms with Crippen LogP contribution in [0.15, 0.2) is 60.3 Å². The summed E-state index contributed by atoms with van der Waals surface area (Å²) < 4.78 is 0. The summed E-state index contributed by atoms with van der Waals surface area (Å²) in [6.45, 7) is 1.64. The molecule has 5 rings (SSSR count). The predicted octanol–water partition coefficient (Wildman–Crippen LogP) is 3.63. The number of hydrogen-bond acceptors (Lipinski definition) is 3. The van der Waals surface area contributed by atoms with Crippen LogP contribution in [-0.4, -0.2) is 34.8 Å². The minimum Gasteiger partial charge on any atom is -0.338 e. The Kier molecular flexibility index (Phi) is 4.95. The number of aromatic nitrogens is 1. The third-order valence-corrected chi connectivity index (χ3v) is 6.34. The number of rotatable bonds is 4. The lowest BCUT2D eigenvalue weighted by Gasteiger charge is -2.16. The molecule has 1 aliphatic carbocycles. The second-order valence-corrected chi connectivity index (χ2v) is 8.52. The average Bonchev–Trinajstić information content (AvgIpc) is 3.31. The molecule has 1 aromatic carbocycles. The van der Waals surface area contributed by atoms with E-state index in [2.05, 4.69) is 46.7 Å². The zero-order chi connectivity index (χ0) is 20.5. The summed E-state index contributed by atoms with van der Waals surface area (Å²) in [6, 6.07) is 12.6. The van der Waals surface area contributed by atoms with Crippen molar-refractivity contribution in [1.82, 2.24) is 9.88 Å². The molecule has 3 heterocycles. The second-order valence-electron chi connectivity index (χ2n) is 8.52. The maximum Gasteiger partial charge on any atom is 0.246 e. The third kappa shape index (κ3) is 3.92. The van der Waals surface area contributed by atoms with Gasteiger partial charge in [-0.25, -0.2) is 4.98 Å². The van der Waals surface area contributed by atoms with Gasteiger partial charge in [0, 0.05) is 31.8 Å². The van der Waals surface area contributed by atoms with E-state index in [0.29, 0.717) is 30.5 Å². The number of nitrogens with zero attached hydrogens (tertiary/aromatic N) is 2. The van der Waals surface area contributed by atoms with Gasteiger partial charge in [0.25, 0.3) is 0 Å². The molecule has 0 saturated carbocycles. The van der Waals surface area contributed by atoms with E-state index in [1.807, 2.05) is 17.0 Å². The quantitative estimate of drug-likeness (QED) is 0.631. The average molecular weight is 399 g/mol. The lowest BCUT2D eigenvalue weighted by Crippen LogP contribution is -2.27. The van der Waals surface area contributed by atoms with Gasteiger partial charge < -0.3 is 10.2 Å². The molecular formula is C25H25N3O2. The van der Waals surface area contributed by atoms with Crippen LogP contribution in [0.25, 0.3) is 6.08 Å². The highest BCUT2D eigenvalue weighted by molar-refractivity contribution is 5.94. The van der Waals surface area contributed by atoms with Crippen molar-refractivity contribution in [2.24, 2.45) is 11.8 Å². The van der Waals surface area contributed by atoms with Crippen molar-refractivity contribution < 1.29 is 9.59 Å². The van der Waals surface area contributed by atoms with Crippen molar-refractivity contribution in [3.05, 3.63) is 77.0 Å². The van der Waals surface area contributed by atoms with Gasteiger partial charge in [0.15, 0.2) is 0 Å². The van der Waals surface area contributed by atoms with Gasteiger partial charge >= 0.3 is 0 Å². The molecule has 0 bridgehead atoms. The standard InChI is InChI=1S/C25H25N3O2/c29-23-8-7-20-11-18(14-26-25(20)27-23)6-9-24(30)28-15-21-12-19(13-22(21)16-28)10-17-4-2-1-3-5-17/h1-6,9,11-12,14,21-22H,7-8,10,13,15-16H2,(H,26,27,29)/b9-6+. The summed E-state index contributed by atoms with van der Waals surface area (Å²) in [5.74, 6) is 1.74. The van der Waals surface area contributed by atoms with Crippen molar-refractivity contribution in [2.45, 2.75) is 25.7 Å². The molecule has 0 radical (unpaired) electrons. The van der Waals surface area contributed by atoms with Crippen molar-refractivity contribution in [3.63, 3.8) is 0 Å². The molecular weight excluding hydrogens is 374 g/mol. The minimum atomic E-state index is 0.00836. The highest BCUT2D eigenvalue weighted by atomic mass is 16.2. The fourth-order valence-electron chi connectivity index (χ4n) is 4.82. The maximum absolute atomic E-state index is 12.7. The molecule has 3 aliphatic rings. The Morgan fingerprint density at radius 2 is 2.07 bits per heavy atom. The number of allylic oxidation sites excluding steroid dienone is 1. The van der Waals surface area contributed by atoms with E-state index in [0.717, 1.165) is 37.1 Å². The second kappa shape index (κ2) is 7.90. The van der Waals surface area contributed by atoms with Gasteiger partial charge in [0.2, 0.25) is 11.8 Å². The predicted molar refractivity (Wildman–Crippen MR) is 117 cm³/mol. The summed E-state index contributed by atoms with van der Waals surface area (Å²) in [5.41, 5.74) is 4.78. The highest BCUT2D eigenvalue weighted by Gasteiger charge is 2.37. The van der Waals surface area contributed by atoms with Crippen LogP contribution in [0.2, 0.25) is 0 Å². The molecule has 1 fully saturated rings. The summed E-state index contributed by atoms with van der Waals surface area (Å²) in [5, 5.41) is 2.78. The molecule has 2 unspecified atom stereocenters. The van der Waals surface area contributed by atoms with Gasteiger partial charge in [-0.1, -0.05) is 42.0 Å². The Bertz CT molecular complexity index is 1040. The number of nitrogens with one attached hydrogen (secondary N) is 1. The Morgan fingerprint density at radius 3 is 2.90 bits per heavy atom. The molecule has 0 spiro atoms. The fourth-order valence-corrected chi connectivity index (χ4v) is 4.82. The Balaban J connectivity index is 1.19. The number of hydrogen-bond donors (Lipinski definition) is 1. The topological polar surface area (TPSA) is 62.3 Å². The van der Waals surface area contributed by atoms with Crippen LogP contribution in [0.5, 0.6) is 0 Å². The SMILES string of the molecule is O=C1CCc2cc(/C=C/C(=O)N3CC4C=C(Cc5ccccc5)CC4C3)cnc2N1. The van der Waals surface area contributed by atoms with Crippen molar-refractivity contribution in [1.29, 1.82) is 0 Å². The van der Waals surface area contributed by atoms with E-state index >= 15 is 0 Å². The Labute approximate surface area is 176 Å². The first-order valence-corrected chi connectivity index (χ1v) is 10.6. The highest BCUT2D eigenvalue weighted by Crippen LogP contribution is 2.38. The number of carbonyl (C=O) groups is 2. The van der Waals surface area contributed by atoms with Crippen molar-refractivity contribution in [3.8, 4) is 0 Å². The van der Waals surface area contributed by atoms with Crippen molar-refractivity contribution in [2.75, 3.05) is 18.4 Å². The lowest BCUT2D eigenvalue weighted by molar-refractivity contribution is -0.125. The summed E-state index contributed by atoms with van der Waals surface area (Å²) in [6.07, 6.45) is 10.9. The number of amides is 2. The van der Waals surface area contributed by atoms with Gasteiger partial charge in [-0.3, -0.25) is 9.59 Å². The van der Waals surface area contributed by atoms with Gasteiger partial charge in [0.1, 0.15) is 5.82 Å². The van der Waals surface area contributed by atoms with Crippen LogP contribution in [0.3, 0.4) is 0 Å². The number of anilines is 1. The number of fused-ring (bicyclic) bond motifs is 2. The number of benzene rings is 1. The molecule has 1 N–H and O–H groups in total. The molecule has 2 amide bonds. The number of likely N-dealkylation sites (tertiary alicyclic amines) is 1. The van der Waals surface area contributed by atoms with Crippen LogP contribution in [0.1, 0.15) is 29.5 Å². The zero-order valence-corrected chi connectivity index (χ0v) is 16.9. The van der Waals surface area contributed by atoms with Gasteiger partial charge in [-0.15, -0.1) is 0 Å². The lowest BCUT2D eigenvalue weighted by atomic mass is 9.98. The molecule has 2 aliphatic heterocycles. The van der Waals surface area contributed by atoms with Gasteiger partial charge in [-0.2, -0.15) is 0 Å². The van der Waals surface area contributed by atoms with Crippen LogP contribution in [0.4, 0.5) is 5.82 Å². The smallest absolute Gasteiger partial charge is 0.246 e. The molecule has 152 valence electrons. The minimum absolute atomic E-state index is 0.00836. The first kappa shape index (κ1) is 18.8. The number of carbonyl (C=O) groups excluding carboxylic acids is 2. The molecule has 30 heavy (non-hydrogen) atoms. The van der Waals surface area contributed by atoms with Crippen molar-refractivity contribution >= 4 is 23.7 Å². The van der Waals surface area contributed by atoms with E-state index in [1.54, 1.807) is 12.3 Å². The summed E-state index contributed by atoms with van der Waals surface area (Å²) in [4.78, 5) is 30.4. The Morgan fingerprint density at radius 1 is 1.20 bits per heavy atom. The van der Waals surface area contributed by atoms with Crippen LogP contribution in [0, 0.1) is 11.8 Å². The largest absolute Gasteiger partial charge is 0.338 e.